The number of halogens is 4. The van der Waals surface area contributed by atoms with Crippen molar-refractivity contribution >= 4 is 41.5 Å². The van der Waals surface area contributed by atoms with Crippen molar-refractivity contribution in [2.24, 2.45) is 4.99 Å². The van der Waals surface area contributed by atoms with Crippen molar-refractivity contribution in [1.29, 1.82) is 0 Å². The lowest BCUT2D eigenvalue weighted by atomic mass is 10.2. The Balaban J connectivity index is 0.00000450. The maximum Gasteiger partial charge on any atom is 0.401 e. The largest absolute Gasteiger partial charge is 0.401 e. The lowest BCUT2D eigenvalue weighted by Crippen LogP contribution is -2.44. The van der Waals surface area contributed by atoms with Crippen molar-refractivity contribution < 1.29 is 18.0 Å². The van der Waals surface area contributed by atoms with Gasteiger partial charge in [-0.15, -0.1) is 24.0 Å². The van der Waals surface area contributed by atoms with Gasteiger partial charge < -0.3 is 20.9 Å². The first-order valence-electron chi connectivity index (χ1n) is 9.44. The molecule has 1 saturated heterocycles. The molecule has 0 radical (unpaired) electrons. The molecule has 1 atom stereocenters. The Morgan fingerprint density at radius 1 is 1.33 bits per heavy atom. The SMILES string of the molecule is CN=C(NCc1cccc(NC(=O)CN(C)C)c1)NC1CCN(CC(F)(F)F)C1.I. The maximum atomic E-state index is 12.5. The monoisotopic (exact) mass is 542 g/mol. The van der Waals surface area contributed by atoms with E-state index in [0.717, 1.165) is 5.56 Å². The summed E-state index contributed by atoms with van der Waals surface area (Å²) >= 11 is 0. The van der Waals surface area contributed by atoms with Gasteiger partial charge in [-0.3, -0.25) is 14.7 Å². The van der Waals surface area contributed by atoms with Crippen LogP contribution in [0.15, 0.2) is 29.3 Å². The third-order valence-electron chi connectivity index (χ3n) is 4.37. The molecule has 2 rings (SSSR count). The Hall–Kier alpha value is -1.60. The molecule has 170 valence electrons. The zero-order valence-electron chi connectivity index (χ0n) is 17.4. The summed E-state index contributed by atoms with van der Waals surface area (Å²) in [6.07, 6.45) is -3.55. The molecule has 1 aliphatic heterocycles. The molecule has 30 heavy (non-hydrogen) atoms. The van der Waals surface area contributed by atoms with Crippen molar-refractivity contribution in [2.75, 3.05) is 52.6 Å². The van der Waals surface area contributed by atoms with Crippen molar-refractivity contribution in [3.05, 3.63) is 29.8 Å². The number of carbonyl (C=O) groups is 1. The average Bonchev–Trinajstić information content (AvgIpc) is 3.03. The molecule has 1 aromatic carbocycles. The second kappa shape index (κ2) is 12.3. The molecule has 1 unspecified atom stereocenters. The van der Waals surface area contributed by atoms with Gasteiger partial charge in [0.15, 0.2) is 5.96 Å². The number of hydrogen-bond acceptors (Lipinski definition) is 4. The number of benzene rings is 1. The van der Waals surface area contributed by atoms with Crippen molar-refractivity contribution in [2.45, 2.75) is 25.2 Å². The van der Waals surface area contributed by atoms with Gasteiger partial charge in [-0.25, -0.2) is 0 Å². The maximum absolute atomic E-state index is 12.5. The first-order chi connectivity index (χ1) is 13.6. The van der Waals surface area contributed by atoms with Crippen LogP contribution >= 0.6 is 24.0 Å². The predicted molar refractivity (Wildman–Crippen MR) is 123 cm³/mol. The fourth-order valence-corrected chi connectivity index (χ4v) is 3.17. The number of carbonyl (C=O) groups excluding carboxylic acids is 1. The lowest BCUT2D eigenvalue weighted by Gasteiger charge is -2.20. The molecule has 0 spiro atoms. The lowest BCUT2D eigenvalue weighted by molar-refractivity contribution is -0.143. The van der Waals surface area contributed by atoms with Gasteiger partial charge in [0.1, 0.15) is 0 Å². The van der Waals surface area contributed by atoms with E-state index in [1.165, 1.54) is 4.90 Å². The minimum absolute atomic E-state index is 0. The molecule has 1 amide bonds. The minimum atomic E-state index is -4.18. The van der Waals surface area contributed by atoms with Crippen LogP contribution in [0.1, 0.15) is 12.0 Å². The Morgan fingerprint density at radius 2 is 2.07 bits per heavy atom. The number of nitrogens with one attached hydrogen (secondary N) is 3. The van der Waals surface area contributed by atoms with Gasteiger partial charge in [0.25, 0.3) is 0 Å². The van der Waals surface area contributed by atoms with Gasteiger partial charge in [0, 0.05) is 38.4 Å². The highest BCUT2D eigenvalue weighted by atomic mass is 127. The number of likely N-dealkylation sites (N-methyl/N-ethyl adjacent to an activating group) is 1. The molecule has 1 aromatic rings. The zero-order chi connectivity index (χ0) is 21.4. The number of anilines is 1. The van der Waals surface area contributed by atoms with E-state index in [1.807, 2.05) is 38.4 Å². The van der Waals surface area contributed by atoms with Crippen LogP contribution in [0.3, 0.4) is 0 Å². The average molecular weight is 542 g/mol. The van der Waals surface area contributed by atoms with E-state index in [-0.39, 0.29) is 35.9 Å². The predicted octanol–water partition coefficient (Wildman–Crippen LogP) is 2.11. The van der Waals surface area contributed by atoms with E-state index >= 15 is 0 Å². The van der Waals surface area contributed by atoms with Crippen molar-refractivity contribution in [3.63, 3.8) is 0 Å². The summed E-state index contributed by atoms with van der Waals surface area (Å²) in [6, 6.07) is 7.37. The Bertz CT molecular complexity index is 714. The number of nitrogens with zero attached hydrogens (tertiary/aromatic N) is 3. The number of amides is 1. The fourth-order valence-electron chi connectivity index (χ4n) is 3.17. The van der Waals surface area contributed by atoms with Crippen LogP contribution < -0.4 is 16.0 Å². The van der Waals surface area contributed by atoms with Crippen LogP contribution in [0.4, 0.5) is 18.9 Å². The highest BCUT2D eigenvalue weighted by Crippen LogP contribution is 2.20. The first-order valence-corrected chi connectivity index (χ1v) is 9.44. The smallest absolute Gasteiger partial charge is 0.352 e. The number of guanidine groups is 1. The Labute approximate surface area is 192 Å². The standard InChI is InChI=1S/C19H29F3N6O.HI/c1-23-18(26-16-7-8-28(11-16)13-19(20,21)22)24-10-14-5-4-6-15(9-14)25-17(29)12-27(2)3;/h4-6,9,16H,7-8,10-13H2,1-3H3,(H,25,29)(H2,23,24,26);1H. The molecule has 1 fully saturated rings. The van der Waals surface area contributed by atoms with Gasteiger partial charge in [-0.2, -0.15) is 13.2 Å². The van der Waals surface area contributed by atoms with Crippen LogP contribution in [0.2, 0.25) is 0 Å². The number of hydrogen-bond donors (Lipinski definition) is 3. The summed E-state index contributed by atoms with van der Waals surface area (Å²) in [6.45, 7) is 0.613. The summed E-state index contributed by atoms with van der Waals surface area (Å²) in [5.41, 5.74) is 1.65. The van der Waals surface area contributed by atoms with Crippen LogP contribution in [0.25, 0.3) is 0 Å². The van der Waals surface area contributed by atoms with Gasteiger partial charge >= 0.3 is 6.18 Å². The Morgan fingerprint density at radius 3 is 2.70 bits per heavy atom. The number of alkyl halides is 3. The molecule has 0 saturated carbocycles. The summed E-state index contributed by atoms with van der Waals surface area (Å²) < 4.78 is 37.6. The van der Waals surface area contributed by atoms with E-state index in [1.54, 1.807) is 11.9 Å². The van der Waals surface area contributed by atoms with E-state index in [2.05, 4.69) is 20.9 Å². The van der Waals surface area contributed by atoms with E-state index in [9.17, 15) is 18.0 Å². The van der Waals surface area contributed by atoms with E-state index < -0.39 is 12.7 Å². The molecule has 1 heterocycles. The number of aliphatic imine (C=N–C) groups is 1. The highest BCUT2D eigenvalue weighted by Gasteiger charge is 2.34. The van der Waals surface area contributed by atoms with Gasteiger partial charge in [-0.1, -0.05) is 12.1 Å². The van der Waals surface area contributed by atoms with Crippen LogP contribution in [0, 0.1) is 0 Å². The van der Waals surface area contributed by atoms with E-state index in [4.69, 9.17) is 0 Å². The van der Waals surface area contributed by atoms with E-state index in [0.29, 0.717) is 44.2 Å². The number of likely N-dealkylation sites (tertiary alicyclic amines) is 1. The molecule has 1 aliphatic rings. The zero-order valence-corrected chi connectivity index (χ0v) is 19.8. The van der Waals surface area contributed by atoms with Gasteiger partial charge in [0.05, 0.1) is 13.1 Å². The normalized spacial score (nSPS) is 17.6. The summed E-state index contributed by atoms with van der Waals surface area (Å²) in [4.78, 5) is 19.2. The third-order valence-corrected chi connectivity index (χ3v) is 4.37. The molecule has 7 nitrogen and oxygen atoms in total. The summed E-state index contributed by atoms with van der Waals surface area (Å²) in [5.74, 6) is 0.438. The quantitative estimate of drug-likeness (QED) is 0.280. The molecule has 0 aromatic heterocycles. The summed E-state index contributed by atoms with van der Waals surface area (Å²) in [7, 11) is 5.27. The van der Waals surface area contributed by atoms with Crippen molar-refractivity contribution in [1.82, 2.24) is 20.4 Å². The highest BCUT2D eigenvalue weighted by molar-refractivity contribution is 14.0. The summed E-state index contributed by atoms with van der Waals surface area (Å²) in [5, 5.41) is 9.19. The van der Waals surface area contributed by atoms with Gasteiger partial charge in [-0.05, 0) is 38.2 Å². The van der Waals surface area contributed by atoms with Crippen molar-refractivity contribution in [3.8, 4) is 0 Å². The molecular formula is C19H30F3IN6O. The molecule has 11 heteroatoms. The van der Waals surface area contributed by atoms with Crippen LogP contribution in [-0.2, 0) is 11.3 Å². The van der Waals surface area contributed by atoms with Crippen LogP contribution in [-0.4, -0.2) is 81.2 Å². The Kier molecular flexibility index (Phi) is 10.8. The molecular weight excluding hydrogens is 512 g/mol. The van der Waals surface area contributed by atoms with Crippen LogP contribution in [0.5, 0.6) is 0 Å². The third kappa shape index (κ3) is 9.94. The molecule has 3 N–H and O–H groups in total. The molecule has 0 bridgehead atoms. The fraction of sp³-hybridized carbons (Fsp3) is 0.579. The second-order valence-electron chi connectivity index (χ2n) is 7.39. The second-order valence-corrected chi connectivity index (χ2v) is 7.39. The van der Waals surface area contributed by atoms with Gasteiger partial charge in [0.2, 0.25) is 5.91 Å². The minimum Gasteiger partial charge on any atom is -0.352 e. The number of rotatable bonds is 7. The first kappa shape index (κ1) is 26.4. The molecule has 0 aliphatic carbocycles. The topological polar surface area (TPSA) is 72.0 Å².